The van der Waals surface area contributed by atoms with Crippen LogP contribution in [0.25, 0.3) is 60.4 Å². The van der Waals surface area contributed by atoms with Crippen molar-refractivity contribution in [2.45, 2.75) is 0 Å². The first kappa shape index (κ1) is 30.0. The average Bonchev–Trinajstić information content (AvgIpc) is 3.93. The number of nitrogens with zero attached hydrogens (tertiary/aromatic N) is 3. The molecule has 0 radical (unpaired) electrons. The van der Waals surface area contributed by atoms with Gasteiger partial charge in [0, 0.05) is 61.4 Å². The highest BCUT2D eigenvalue weighted by molar-refractivity contribution is 7.00. The molecule has 5 nitrogen and oxygen atoms in total. The average molecular weight is 716 g/mol. The van der Waals surface area contributed by atoms with Gasteiger partial charge in [-0.15, -0.1) is 0 Å². The van der Waals surface area contributed by atoms with E-state index in [4.69, 9.17) is 8.83 Å². The summed E-state index contributed by atoms with van der Waals surface area (Å²) in [5.74, 6) is 0. The second-order valence-electron chi connectivity index (χ2n) is 14.8. The van der Waals surface area contributed by atoms with Gasteiger partial charge in [-0.2, -0.15) is 0 Å². The zero-order valence-electron chi connectivity index (χ0n) is 30.1. The lowest BCUT2D eigenvalue weighted by Gasteiger charge is -2.42. The lowest BCUT2D eigenvalue weighted by molar-refractivity contribution is 0.645. The predicted octanol–water partition coefficient (Wildman–Crippen LogP) is 11.5. The first-order valence-electron chi connectivity index (χ1n) is 19.1. The van der Waals surface area contributed by atoms with Crippen molar-refractivity contribution < 1.29 is 8.83 Å². The van der Waals surface area contributed by atoms with Crippen molar-refractivity contribution in [3.05, 3.63) is 182 Å². The maximum Gasteiger partial charge on any atom is 0.297 e. The smallest absolute Gasteiger partial charge is 0.297 e. The van der Waals surface area contributed by atoms with Crippen molar-refractivity contribution in [3.8, 4) is 5.69 Å². The largest absolute Gasteiger partial charge is 0.468 e. The molecule has 260 valence electrons. The molecule has 0 atom stereocenters. The van der Waals surface area contributed by atoms with Crippen LogP contribution in [0.5, 0.6) is 0 Å². The number of hydrogen-bond acceptors (Lipinski definition) is 4. The van der Waals surface area contributed by atoms with Gasteiger partial charge in [0.2, 0.25) is 0 Å². The molecule has 0 amide bonds. The van der Waals surface area contributed by atoms with Crippen LogP contribution in [0.3, 0.4) is 0 Å². The van der Waals surface area contributed by atoms with Gasteiger partial charge in [0.15, 0.2) is 0 Å². The third-order valence-electron chi connectivity index (χ3n) is 11.9. The van der Waals surface area contributed by atoms with E-state index in [1.807, 2.05) is 12.1 Å². The van der Waals surface area contributed by atoms with Gasteiger partial charge in [0.1, 0.15) is 16.7 Å². The zero-order chi connectivity index (χ0) is 36.5. The minimum Gasteiger partial charge on any atom is -0.468 e. The molecule has 0 bridgehead atoms. The summed E-state index contributed by atoms with van der Waals surface area (Å²) in [5.41, 5.74) is 16.1. The summed E-state index contributed by atoms with van der Waals surface area (Å²) in [7, 11) is 0. The Bertz CT molecular complexity index is 3380. The van der Waals surface area contributed by atoms with Gasteiger partial charge in [-0.05, 0) is 83.7 Å². The maximum atomic E-state index is 7.24. The Morgan fingerprint density at radius 1 is 0.393 bits per heavy atom. The highest BCUT2D eigenvalue weighted by Crippen LogP contribution is 2.50. The quantitative estimate of drug-likeness (QED) is 0.171. The fraction of sp³-hybridized carbons (Fsp3) is 0. The third-order valence-corrected chi connectivity index (χ3v) is 11.9. The van der Waals surface area contributed by atoms with Gasteiger partial charge in [-0.1, -0.05) is 103 Å². The molecule has 3 aromatic heterocycles. The molecule has 5 heterocycles. The van der Waals surface area contributed by atoms with E-state index in [1.165, 1.54) is 32.9 Å². The standard InChI is InChI=1S/C50H30BN3O2/c1-4-15-31(16-5-1)52-39-23-12-10-22-35(39)46-40(52)28-27-38-49(46)54(33-19-8-3-9-20-33)42-25-14-24-41-47(42)51(38)50-48(53(41)32-17-6-2-7-18-32)37-29-36-34-21-11-13-26-43(34)55-44(36)30-45(37)56-50/h1-30H. The minimum absolute atomic E-state index is 0.176. The van der Waals surface area contributed by atoms with Gasteiger partial charge in [0.05, 0.1) is 28.1 Å². The van der Waals surface area contributed by atoms with Gasteiger partial charge >= 0.3 is 0 Å². The van der Waals surface area contributed by atoms with Crippen LogP contribution in [-0.2, 0) is 0 Å². The molecule has 0 saturated heterocycles. The van der Waals surface area contributed by atoms with Gasteiger partial charge in [-0.3, -0.25) is 0 Å². The van der Waals surface area contributed by atoms with E-state index < -0.39 is 0 Å². The van der Waals surface area contributed by atoms with E-state index in [0.717, 1.165) is 78.2 Å². The molecule has 11 aromatic rings. The molecule has 2 aliphatic heterocycles. The van der Waals surface area contributed by atoms with Gasteiger partial charge in [0.25, 0.3) is 6.71 Å². The number of rotatable bonds is 3. The Hall–Kier alpha value is -7.44. The highest BCUT2D eigenvalue weighted by atomic mass is 16.3. The summed E-state index contributed by atoms with van der Waals surface area (Å²) in [5, 5.41) is 5.67. The zero-order valence-corrected chi connectivity index (χ0v) is 30.1. The van der Waals surface area contributed by atoms with Crippen molar-refractivity contribution in [2.75, 3.05) is 9.80 Å². The summed E-state index contributed by atoms with van der Waals surface area (Å²) >= 11 is 0. The minimum atomic E-state index is -0.176. The van der Waals surface area contributed by atoms with Crippen LogP contribution in [-0.4, -0.2) is 11.3 Å². The van der Waals surface area contributed by atoms with E-state index in [-0.39, 0.29) is 6.71 Å². The number of para-hydroxylation sites is 5. The summed E-state index contributed by atoms with van der Waals surface area (Å²) in [6, 6.07) is 65.1. The second-order valence-corrected chi connectivity index (χ2v) is 14.8. The molecular formula is C50H30BN3O2. The lowest BCUT2D eigenvalue weighted by atomic mass is 9.35. The molecule has 0 unspecified atom stereocenters. The summed E-state index contributed by atoms with van der Waals surface area (Å²) in [6.45, 7) is -0.176. The van der Waals surface area contributed by atoms with Crippen LogP contribution in [0.2, 0.25) is 0 Å². The number of fused-ring (bicyclic) bond motifs is 13. The first-order chi connectivity index (χ1) is 27.8. The number of benzene rings is 8. The molecule has 8 aromatic carbocycles. The monoisotopic (exact) mass is 715 g/mol. The van der Waals surface area contributed by atoms with Crippen LogP contribution in [0.1, 0.15) is 0 Å². The Morgan fingerprint density at radius 2 is 1.00 bits per heavy atom. The van der Waals surface area contributed by atoms with Crippen molar-refractivity contribution in [2.24, 2.45) is 0 Å². The van der Waals surface area contributed by atoms with Gasteiger partial charge < -0.3 is 23.2 Å². The van der Waals surface area contributed by atoms with Crippen LogP contribution in [0.15, 0.2) is 191 Å². The van der Waals surface area contributed by atoms with Crippen LogP contribution in [0, 0.1) is 0 Å². The van der Waals surface area contributed by atoms with Crippen molar-refractivity contribution in [1.82, 2.24) is 4.57 Å². The molecular weight excluding hydrogens is 685 g/mol. The molecule has 0 saturated carbocycles. The fourth-order valence-electron chi connectivity index (χ4n) is 9.72. The Morgan fingerprint density at radius 3 is 1.73 bits per heavy atom. The van der Waals surface area contributed by atoms with E-state index >= 15 is 0 Å². The van der Waals surface area contributed by atoms with Crippen molar-refractivity contribution in [3.63, 3.8) is 0 Å². The number of hydrogen-bond donors (Lipinski definition) is 0. The number of anilines is 6. The highest BCUT2D eigenvalue weighted by Gasteiger charge is 2.47. The molecule has 56 heavy (non-hydrogen) atoms. The first-order valence-corrected chi connectivity index (χ1v) is 19.1. The SMILES string of the molecule is c1ccc(N2c3cccc4c3B(c3ccc5c(c3N4c3ccccc3)c3ccccc3n5-c3ccccc3)c3oc4cc5oc6ccccc6c5cc4c32)cc1. The van der Waals surface area contributed by atoms with Crippen LogP contribution in [0.4, 0.5) is 34.1 Å². The third kappa shape index (κ3) is 3.89. The summed E-state index contributed by atoms with van der Waals surface area (Å²) in [6.07, 6.45) is 0. The molecule has 0 fully saturated rings. The van der Waals surface area contributed by atoms with E-state index in [1.54, 1.807) is 0 Å². The predicted molar refractivity (Wildman–Crippen MR) is 232 cm³/mol. The summed E-state index contributed by atoms with van der Waals surface area (Å²) < 4.78 is 16.1. The summed E-state index contributed by atoms with van der Waals surface area (Å²) in [4.78, 5) is 4.91. The lowest BCUT2D eigenvalue weighted by Crippen LogP contribution is -2.61. The molecule has 13 rings (SSSR count). The molecule has 0 aliphatic carbocycles. The van der Waals surface area contributed by atoms with Gasteiger partial charge in [-0.25, -0.2) is 0 Å². The number of furan rings is 2. The fourth-order valence-corrected chi connectivity index (χ4v) is 9.72. The number of aromatic nitrogens is 1. The molecule has 0 N–H and O–H groups in total. The topological polar surface area (TPSA) is 37.7 Å². The maximum absolute atomic E-state index is 7.24. The Labute approximate surface area is 321 Å². The normalized spacial score (nSPS) is 13.2. The van der Waals surface area contributed by atoms with Crippen molar-refractivity contribution >= 4 is 112 Å². The molecule has 0 spiro atoms. The Balaban J connectivity index is 1.19. The van der Waals surface area contributed by atoms with E-state index in [9.17, 15) is 0 Å². The second kappa shape index (κ2) is 11.1. The Kier molecular flexibility index (Phi) is 5.92. The molecule has 6 heteroatoms. The van der Waals surface area contributed by atoms with Crippen LogP contribution < -0.4 is 26.4 Å². The van der Waals surface area contributed by atoms with E-state index in [2.05, 4.69) is 184 Å². The molecule has 2 aliphatic rings. The van der Waals surface area contributed by atoms with Crippen molar-refractivity contribution in [1.29, 1.82) is 0 Å². The van der Waals surface area contributed by atoms with E-state index in [0.29, 0.717) is 0 Å². The van der Waals surface area contributed by atoms with Crippen LogP contribution >= 0.6 is 0 Å².